The predicted molar refractivity (Wildman–Crippen MR) is 90.9 cm³/mol. The number of anilines is 1. The Morgan fingerprint density at radius 2 is 2.17 bits per heavy atom. The zero-order chi connectivity index (χ0) is 16.7. The first-order chi connectivity index (χ1) is 11.6. The number of hydrogen-bond donors (Lipinski definition) is 0. The van der Waals surface area contributed by atoms with E-state index in [4.69, 9.17) is 4.98 Å². The molecule has 1 saturated heterocycles. The van der Waals surface area contributed by atoms with Crippen molar-refractivity contribution in [3.05, 3.63) is 58.4 Å². The molecule has 0 N–H and O–H groups in total. The fourth-order valence-corrected chi connectivity index (χ4v) is 3.38. The zero-order valence-corrected chi connectivity index (χ0v) is 13.3. The van der Waals surface area contributed by atoms with Crippen molar-refractivity contribution in [2.45, 2.75) is 18.9 Å². The van der Waals surface area contributed by atoms with Crippen molar-refractivity contribution < 1.29 is 4.92 Å². The number of nitro benzene ring substituents is 1. The maximum Gasteiger partial charge on any atom is 0.270 e. The van der Waals surface area contributed by atoms with Crippen LogP contribution in [0.1, 0.15) is 24.4 Å². The largest absolute Gasteiger partial charge is 0.349 e. The summed E-state index contributed by atoms with van der Waals surface area (Å²) >= 11 is 0. The van der Waals surface area contributed by atoms with Crippen LogP contribution in [0.4, 0.5) is 11.5 Å². The van der Waals surface area contributed by atoms with Gasteiger partial charge in [0.1, 0.15) is 5.82 Å². The van der Waals surface area contributed by atoms with Gasteiger partial charge in [-0.1, -0.05) is 0 Å². The van der Waals surface area contributed by atoms with Crippen molar-refractivity contribution in [1.82, 2.24) is 14.8 Å². The number of benzene rings is 1. The maximum atomic E-state index is 10.9. The van der Waals surface area contributed by atoms with Crippen molar-refractivity contribution in [3.63, 3.8) is 0 Å². The van der Waals surface area contributed by atoms with Crippen molar-refractivity contribution in [3.8, 4) is 0 Å². The third-order valence-corrected chi connectivity index (χ3v) is 4.53. The summed E-state index contributed by atoms with van der Waals surface area (Å²) in [6, 6.07) is 8.91. The van der Waals surface area contributed by atoms with Gasteiger partial charge in [-0.15, -0.1) is 0 Å². The summed E-state index contributed by atoms with van der Waals surface area (Å²) in [5.74, 6) is 0.905. The molecule has 0 amide bonds. The highest BCUT2D eigenvalue weighted by Gasteiger charge is 2.28. The Bertz CT molecular complexity index is 920. The van der Waals surface area contributed by atoms with Crippen LogP contribution in [0.5, 0.6) is 0 Å². The lowest BCUT2D eigenvalue weighted by Crippen LogP contribution is -2.23. The van der Waals surface area contributed by atoms with E-state index in [0.717, 1.165) is 36.1 Å². The number of rotatable bonds is 3. The fraction of sp³-hybridized carbons (Fsp3) is 0.294. The van der Waals surface area contributed by atoms with E-state index in [-0.39, 0.29) is 16.7 Å². The van der Waals surface area contributed by atoms with E-state index in [9.17, 15) is 10.1 Å². The number of hydrogen-bond acceptors (Lipinski definition) is 5. The summed E-state index contributed by atoms with van der Waals surface area (Å²) < 4.78 is 1.82. The van der Waals surface area contributed by atoms with Crippen molar-refractivity contribution in [2.75, 3.05) is 11.4 Å². The maximum absolute atomic E-state index is 10.9. The smallest absolute Gasteiger partial charge is 0.270 e. The third kappa shape index (κ3) is 2.47. The molecule has 4 rings (SSSR count). The first-order valence-corrected chi connectivity index (χ1v) is 7.92. The summed E-state index contributed by atoms with van der Waals surface area (Å²) in [7, 11) is 1.92. The summed E-state index contributed by atoms with van der Waals surface area (Å²) in [6.45, 7) is 0.949. The average molecular weight is 323 g/mol. The molecule has 0 spiro atoms. The first-order valence-electron chi connectivity index (χ1n) is 7.92. The molecular formula is C17H17N5O2. The number of fused-ring (bicyclic) bond motifs is 1. The molecule has 7 nitrogen and oxygen atoms in total. The minimum atomic E-state index is -0.383. The number of nitrogens with zero attached hydrogens (tertiary/aromatic N) is 5. The lowest BCUT2D eigenvalue weighted by Gasteiger charge is -2.25. The Hall–Kier alpha value is -2.96. The minimum absolute atomic E-state index is 0.0893. The quantitative estimate of drug-likeness (QED) is 0.546. The van der Waals surface area contributed by atoms with Crippen LogP contribution in [0.25, 0.3) is 10.9 Å². The van der Waals surface area contributed by atoms with Crippen LogP contribution in [-0.4, -0.2) is 26.2 Å². The molecule has 0 saturated carbocycles. The molecule has 1 aliphatic heterocycles. The van der Waals surface area contributed by atoms with E-state index in [1.54, 1.807) is 12.1 Å². The van der Waals surface area contributed by atoms with Crippen molar-refractivity contribution in [2.24, 2.45) is 7.05 Å². The molecule has 2 aromatic heterocycles. The Morgan fingerprint density at radius 3 is 2.92 bits per heavy atom. The Kier molecular flexibility index (Phi) is 3.41. The minimum Gasteiger partial charge on any atom is -0.349 e. The summed E-state index contributed by atoms with van der Waals surface area (Å²) in [5, 5.41) is 15.9. The molecule has 0 aliphatic carbocycles. The van der Waals surface area contributed by atoms with Gasteiger partial charge in [0.05, 0.1) is 22.7 Å². The fourth-order valence-electron chi connectivity index (χ4n) is 3.38. The highest BCUT2D eigenvalue weighted by molar-refractivity contribution is 5.82. The van der Waals surface area contributed by atoms with Crippen LogP contribution in [0.2, 0.25) is 0 Å². The Balaban J connectivity index is 1.70. The second kappa shape index (κ2) is 5.59. The molecule has 1 unspecified atom stereocenters. The standard InChI is InChI=1S/C17H17N5O2/c1-20-11-13(10-18-20)16-3-2-8-21(16)17-7-4-12-9-14(22(23)24)5-6-15(12)19-17/h4-7,9-11,16H,2-3,8H2,1H3. The van der Waals surface area contributed by atoms with Crippen LogP contribution in [0.15, 0.2) is 42.7 Å². The zero-order valence-electron chi connectivity index (χ0n) is 13.3. The summed E-state index contributed by atoms with van der Waals surface area (Å²) in [4.78, 5) is 17.5. The van der Waals surface area contributed by atoms with Gasteiger partial charge in [-0.25, -0.2) is 4.98 Å². The third-order valence-electron chi connectivity index (χ3n) is 4.53. The van der Waals surface area contributed by atoms with Gasteiger partial charge in [0.25, 0.3) is 5.69 Å². The Morgan fingerprint density at radius 1 is 1.29 bits per heavy atom. The van der Waals surface area contributed by atoms with Gasteiger partial charge < -0.3 is 4.90 Å². The molecule has 3 aromatic rings. The second-order valence-corrected chi connectivity index (χ2v) is 6.10. The molecule has 24 heavy (non-hydrogen) atoms. The van der Waals surface area contributed by atoms with Gasteiger partial charge in [0, 0.05) is 42.9 Å². The topological polar surface area (TPSA) is 77.1 Å². The predicted octanol–water partition coefficient (Wildman–Crippen LogP) is 3.22. The number of aromatic nitrogens is 3. The van der Waals surface area contributed by atoms with E-state index in [1.165, 1.54) is 11.6 Å². The van der Waals surface area contributed by atoms with Gasteiger partial charge in [-0.05, 0) is 31.0 Å². The second-order valence-electron chi connectivity index (χ2n) is 6.10. The molecule has 0 bridgehead atoms. The average Bonchev–Trinajstić information content (AvgIpc) is 3.22. The molecular weight excluding hydrogens is 306 g/mol. The molecule has 1 aromatic carbocycles. The van der Waals surface area contributed by atoms with Crippen molar-refractivity contribution in [1.29, 1.82) is 0 Å². The van der Waals surface area contributed by atoms with Gasteiger partial charge in [-0.3, -0.25) is 14.8 Å². The summed E-state index contributed by atoms with van der Waals surface area (Å²) in [6.07, 6.45) is 6.14. The van der Waals surface area contributed by atoms with E-state index >= 15 is 0 Å². The van der Waals surface area contributed by atoms with Gasteiger partial charge in [0.15, 0.2) is 0 Å². The molecule has 3 heterocycles. The SMILES string of the molecule is Cn1cc(C2CCCN2c2ccc3cc([N+](=O)[O-])ccc3n2)cn1. The number of non-ortho nitro benzene ring substituents is 1. The number of aryl methyl sites for hydroxylation is 1. The molecule has 1 fully saturated rings. The van der Waals surface area contributed by atoms with E-state index in [2.05, 4.69) is 10.00 Å². The highest BCUT2D eigenvalue weighted by Crippen LogP contribution is 2.35. The number of nitro groups is 1. The molecule has 7 heteroatoms. The van der Waals surface area contributed by atoms with Gasteiger partial charge in [-0.2, -0.15) is 5.10 Å². The molecule has 1 atom stereocenters. The van der Waals surface area contributed by atoms with Crippen LogP contribution in [-0.2, 0) is 7.05 Å². The molecule has 122 valence electrons. The monoisotopic (exact) mass is 323 g/mol. The van der Waals surface area contributed by atoms with Crippen molar-refractivity contribution >= 4 is 22.4 Å². The van der Waals surface area contributed by atoms with Gasteiger partial charge in [0.2, 0.25) is 0 Å². The van der Waals surface area contributed by atoms with E-state index in [0.29, 0.717) is 0 Å². The highest BCUT2D eigenvalue weighted by atomic mass is 16.6. The lowest BCUT2D eigenvalue weighted by atomic mass is 10.1. The number of pyridine rings is 1. The summed E-state index contributed by atoms with van der Waals surface area (Å²) in [5.41, 5.74) is 2.06. The van der Waals surface area contributed by atoms with Crippen LogP contribution >= 0.6 is 0 Å². The lowest BCUT2D eigenvalue weighted by molar-refractivity contribution is -0.384. The van der Waals surface area contributed by atoms with Crippen LogP contribution < -0.4 is 4.90 Å². The molecule has 1 aliphatic rings. The normalized spacial score (nSPS) is 17.5. The van der Waals surface area contributed by atoms with E-state index in [1.807, 2.05) is 36.3 Å². The van der Waals surface area contributed by atoms with Crippen LogP contribution in [0.3, 0.4) is 0 Å². The molecule has 0 radical (unpaired) electrons. The van der Waals surface area contributed by atoms with E-state index < -0.39 is 0 Å². The Labute approximate surface area is 138 Å². The van der Waals surface area contributed by atoms with Gasteiger partial charge >= 0.3 is 0 Å². The first kappa shape index (κ1) is 14.6. The van der Waals surface area contributed by atoms with Crippen LogP contribution in [0, 0.1) is 10.1 Å².